The van der Waals surface area contributed by atoms with E-state index in [2.05, 4.69) is 61.5 Å². The summed E-state index contributed by atoms with van der Waals surface area (Å²) < 4.78 is 6.05. The Bertz CT molecular complexity index is 547. The second-order valence-electron chi connectivity index (χ2n) is 6.54. The SMILES string of the molecule is CCCCCCCCCCCOc1ccccc1-c1ccccc1. The molecule has 0 radical (unpaired) electrons. The van der Waals surface area contributed by atoms with Crippen molar-refractivity contribution in [3.05, 3.63) is 54.6 Å². The quantitative estimate of drug-likeness (QED) is 0.373. The summed E-state index contributed by atoms with van der Waals surface area (Å²) in [5, 5.41) is 0. The molecule has 0 unspecified atom stereocenters. The number of benzene rings is 2. The molecule has 0 N–H and O–H groups in total. The molecule has 0 aliphatic rings. The summed E-state index contributed by atoms with van der Waals surface area (Å²) in [4.78, 5) is 0. The molecule has 0 amide bonds. The molecule has 0 spiro atoms. The van der Waals surface area contributed by atoms with E-state index in [1.54, 1.807) is 0 Å². The zero-order valence-electron chi connectivity index (χ0n) is 15.2. The van der Waals surface area contributed by atoms with E-state index in [4.69, 9.17) is 4.74 Å². The molecule has 1 nitrogen and oxygen atoms in total. The number of para-hydroxylation sites is 1. The molecule has 0 atom stereocenters. The van der Waals surface area contributed by atoms with Crippen LogP contribution >= 0.6 is 0 Å². The molecule has 0 aromatic heterocycles. The van der Waals surface area contributed by atoms with E-state index in [1.165, 1.54) is 62.5 Å². The number of unbranched alkanes of at least 4 members (excludes halogenated alkanes) is 8. The summed E-state index contributed by atoms with van der Waals surface area (Å²) in [7, 11) is 0. The lowest BCUT2D eigenvalue weighted by Gasteiger charge is -2.11. The van der Waals surface area contributed by atoms with Crippen LogP contribution in [0.15, 0.2) is 54.6 Å². The van der Waals surface area contributed by atoms with Crippen molar-refractivity contribution in [3.63, 3.8) is 0 Å². The van der Waals surface area contributed by atoms with Crippen LogP contribution in [0.25, 0.3) is 11.1 Å². The third kappa shape index (κ3) is 6.78. The molecule has 1 heteroatoms. The third-order valence-corrected chi connectivity index (χ3v) is 4.48. The minimum atomic E-state index is 0.819. The Morgan fingerprint density at radius 2 is 1.21 bits per heavy atom. The van der Waals surface area contributed by atoms with Gasteiger partial charge in [-0.1, -0.05) is 107 Å². The predicted molar refractivity (Wildman–Crippen MR) is 105 cm³/mol. The van der Waals surface area contributed by atoms with Crippen molar-refractivity contribution in [2.24, 2.45) is 0 Å². The van der Waals surface area contributed by atoms with E-state index in [1.807, 2.05) is 0 Å². The van der Waals surface area contributed by atoms with E-state index >= 15 is 0 Å². The number of hydrogen-bond donors (Lipinski definition) is 0. The topological polar surface area (TPSA) is 9.23 Å². The minimum Gasteiger partial charge on any atom is -0.493 e. The van der Waals surface area contributed by atoms with Gasteiger partial charge in [-0.25, -0.2) is 0 Å². The molecule has 24 heavy (non-hydrogen) atoms. The predicted octanol–water partition coefficient (Wildman–Crippen LogP) is 7.26. The maximum absolute atomic E-state index is 6.05. The van der Waals surface area contributed by atoms with Crippen LogP contribution in [0.5, 0.6) is 5.75 Å². The number of rotatable bonds is 12. The average Bonchev–Trinajstić information content (AvgIpc) is 2.64. The van der Waals surface area contributed by atoms with Crippen molar-refractivity contribution in [1.82, 2.24) is 0 Å². The standard InChI is InChI=1S/C23H32O/c1-2-3-4-5-6-7-8-9-15-20-24-23-19-14-13-18-22(23)21-16-11-10-12-17-21/h10-14,16-19H,2-9,15,20H2,1H3. The highest BCUT2D eigenvalue weighted by Crippen LogP contribution is 2.29. The number of ether oxygens (including phenoxy) is 1. The molecular formula is C23H32O. The van der Waals surface area contributed by atoms with Gasteiger partial charge < -0.3 is 4.74 Å². The van der Waals surface area contributed by atoms with E-state index in [-0.39, 0.29) is 0 Å². The lowest BCUT2D eigenvalue weighted by molar-refractivity contribution is 0.305. The maximum atomic E-state index is 6.05. The summed E-state index contributed by atoms with van der Waals surface area (Å²) in [5.41, 5.74) is 2.41. The van der Waals surface area contributed by atoms with Crippen LogP contribution in [0.2, 0.25) is 0 Å². The second kappa shape index (κ2) is 11.7. The van der Waals surface area contributed by atoms with Crippen LogP contribution in [0.3, 0.4) is 0 Å². The smallest absolute Gasteiger partial charge is 0.127 e. The molecule has 0 heterocycles. The first-order valence-electron chi connectivity index (χ1n) is 9.69. The molecule has 2 aromatic rings. The van der Waals surface area contributed by atoms with Crippen LogP contribution in [-0.4, -0.2) is 6.61 Å². The highest BCUT2D eigenvalue weighted by Gasteiger charge is 2.04. The Morgan fingerprint density at radius 1 is 0.625 bits per heavy atom. The molecule has 0 fully saturated rings. The zero-order valence-corrected chi connectivity index (χ0v) is 15.2. The fourth-order valence-corrected chi connectivity index (χ4v) is 3.04. The summed E-state index contributed by atoms with van der Waals surface area (Å²) in [6, 6.07) is 18.8. The van der Waals surface area contributed by atoms with E-state index < -0.39 is 0 Å². The zero-order chi connectivity index (χ0) is 16.9. The molecule has 130 valence electrons. The third-order valence-electron chi connectivity index (χ3n) is 4.48. The van der Waals surface area contributed by atoms with Gasteiger partial charge in [-0.3, -0.25) is 0 Å². The van der Waals surface area contributed by atoms with Gasteiger partial charge in [0.2, 0.25) is 0 Å². The molecule has 0 saturated carbocycles. The lowest BCUT2D eigenvalue weighted by atomic mass is 10.0. The normalized spacial score (nSPS) is 10.7. The van der Waals surface area contributed by atoms with Crippen LogP contribution in [0, 0.1) is 0 Å². The Labute approximate surface area is 148 Å². The van der Waals surface area contributed by atoms with Crippen LogP contribution in [0.1, 0.15) is 64.7 Å². The molecular weight excluding hydrogens is 292 g/mol. The molecule has 2 rings (SSSR count). The van der Waals surface area contributed by atoms with E-state index in [0.717, 1.165) is 18.8 Å². The second-order valence-corrected chi connectivity index (χ2v) is 6.54. The number of hydrogen-bond acceptors (Lipinski definition) is 1. The van der Waals surface area contributed by atoms with Gasteiger partial charge in [0.1, 0.15) is 5.75 Å². The summed E-state index contributed by atoms with van der Waals surface area (Å²) in [6.07, 6.45) is 12.1. The molecule has 0 aliphatic carbocycles. The Hall–Kier alpha value is -1.76. The average molecular weight is 325 g/mol. The fraction of sp³-hybridized carbons (Fsp3) is 0.478. The van der Waals surface area contributed by atoms with Crippen LogP contribution in [-0.2, 0) is 0 Å². The van der Waals surface area contributed by atoms with Crippen molar-refractivity contribution in [2.45, 2.75) is 64.7 Å². The lowest BCUT2D eigenvalue weighted by Crippen LogP contribution is -1.98. The highest BCUT2D eigenvalue weighted by atomic mass is 16.5. The van der Waals surface area contributed by atoms with Gasteiger partial charge in [0.25, 0.3) is 0 Å². The molecule has 2 aromatic carbocycles. The summed E-state index contributed by atoms with van der Waals surface area (Å²) >= 11 is 0. The Balaban J connectivity index is 1.65. The van der Waals surface area contributed by atoms with Crippen molar-refractivity contribution < 1.29 is 4.74 Å². The van der Waals surface area contributed by atoms with Gasteiger partial charge in [0, 0.05) is 5.56 Å². The van der Waals surface area contributed by atoms with Gasteiger partial charge in [0.15, 0.2) is 0 Å². The van der Waals surface area contributed by atoms with E-state index in [9.17, 15) is 0 Å². The minimum absolute atomic E-state index is 0.819. The van der Waals surface area contributed by atoms with Crippen molar-refractivity contribution in [1.29, 1.82) is 0 Å². The van der Waals surface area contributed by atoms with Gasteiger partial charge in [-0.05, 0) is 18.1 Å². The first-order chi connectivity index (χ1) is 11.9. The maximum Gasteiger partial charge on any atom is 0.127 e. The Morgan fingerprint density at radius 3 is 1.92 bits per heavy atom. The largest absolute Gasteiger partial charge is 0.493 e. The molecule has 0 aliphatic heterocycles. The van der Waals surface area contributed by atoms with Crippen LogP contribution in [0.4, 0.5) is 0 Å². The van der Waals surface area contributed by atoms with Crippen molar-refractivity contribution in [3.8, 4) is 16.9 Å². The van der Waals surface area contributed by atoms with Gasteiger partial charge in [-0.2, -0.15) is 0 Å². The van der Waals surface area contributed by atoms with E-state index in [0.29, 0.717) is 0 Å². The summed E-state index contributed by atoms with van der Waals surface area (Å²) in [6.45, 7) is 3.09. The van der Waals surface area contributed by atoms with Gasteiger partial charge in [0.05, 0.1) is 6.61 Å². The van der Waals surface area contributed by atoms with Crippen molar-refractivity contribution >= 4 is 0 Å². The fourth-order valence-electron chi connectivity index (χ4n) is 3.04. The first-order valence-corrected chi connectivity index (χ1v) is 9.69. The van der Waals surface area contributed by atoms with Gasteiger partial charge in [-0.15, -0.1) is 0 Å². The molecule has 0 saturated heterocycles. The Kier molecular flexibility index (Phi) is 9.08. The van der Waals surface area contributed by atoms with Gasteiger partial charge >= 0.3 is 0 Å². The summed E-state index contributed by atoms with van der Waals surface area (Å²) in [5.74, 6) is 1.00. The highest BCUT2D eigenvalue weighted by molar-refractivity contribution is 5.70. The monoisotopic (exact) mass is 324 g/mol. The molecule has 0 bridgehead atoms. The van der Waals surface area contributed by atoms with Crippen LogP contribution < -0.4 is 4.74 Å². The first kappa shape index (κ1) is 18.6. The van der Waals surface area contributed by atoms with Crippen molar-refractivity contribution in [2.75, 3.05) is 6.61 Å².